The minimum absolute atomic E-state index is 0.00468. The lowest BCUT2D eigenvalue weighted by molar-refractivity contribution is -0.203. The van der Waals surface area contributed by atoms with Gasteiger partial charge in [0.05, 0.1) is 12.0 Å². The van der Waals surface area contributed by atoms with Gasteiger partial charge in [-0.3, -0.25) is 14.4 Å². The zero-order chi connectivity index (χ0) is 25.1. The van der Waals surface area contributed by atoms with E-state index in [9.17, 15) is 23.9 Å². The second-order valence-corrected chi connectivity index (χ2v) is 11.6. The molecule has 3 fully saturated rings. The summed E-state index contributed by atoms with van der Waals surface area (Å²) < 4.78 is 21.0. The zero-order valence-electron chi connectivity index (χ0n) is 20.5. The molecule has 0 spiro atoms. The summed E-state index contributed by atoms with van der Waals surface area (Å²) in [5.41, 5.74) is -2.46. The van der Waals surface area contributed by atoms with E-state index in [0.29, 0.717) is 31.3 Å². The number of carbonyl (C=O) groups excluding carboxylic acids is 3. The van der Waals surface area contributed by atoms with Gasteiger partial charge in [0, 0.05) is 29.1 Å². The van der Waals surface area contributed by atoms with E-state index in [1.807, 2.05) is 27.7 Å². The van der Waals surface area contributed by atoms with Gasteiger partial charge in [-0.05, 0) is 55.6 Å². The first kappa shape index (κ1) is 25.6. The van der Waals surface area contributed by atoms with Crippen LogP contribution in [0.3, 0.4) is 0 Å². The number of aliphatic hydroxyl groups is 1. The minimum Gasteiger partial charge on any atom is -0.450 e. The number of allylic oxidation sites excluding steroid dienone is 4. The molecule has 0 heterocycles. The van der Waals surface area contributed by atoms with Crippen molar-refractivity contribution in [2.75, 3.05) is 5.88 Å². The number of carbonyl (C=O) groups is 3. The number of Topliss-reactive ketones (excluding diaryl/α,β-unsaturated/α-hetero) is 1. The predicted octanol–water partition coefficient (Wildman–Crippen LogP) is 5.09. The molecule has 1 N–H and O–H groups in total. The van der Waals surface area contributed by atoms with Crippen molar-refractivity contribution in [2.45, 2.75) is 84.3 Å². The normalized spacial score (nSPS) is 43.3. The molecule has 0 aromatic heterocycles. The molecule has 8 atom stereocenters. The lowest BCUT2D eigenvalue weighted by atomic mass is 9.46. The first-order chi connectivity index (χ1) is 16.0. The van der Waals surface area contributed by atoms with E-state index < -0.39 is 40.1 Å². The molecule has 0 aromatic rings. The Morgan fingerprint density at radius 3 is 2.68 bits per heavy atom. The number of hydrogen-bond donors (Lipinski definition) is 1. The topological polar surface area (TPSA) is 80.7 Å². The Hall–Kier alpha value is -1.53. The van der Waals surface area contributed by atoms with Crippen LogP contribution in [0.4, 0.5) is 4.39 Å². The van der Waals surface area contributed by atoms with Crippen LogP contribution in [0.15, 0.2) is 23.6 Å². The van der Waals surface area contributed by atoms with E-state index in [-0.39, 0.29) is 48.2 Å². The molecule has 34 heavy (non-hydrogen) atoms. The van der Waals surface area contributed by atoms with Gasteiger partial charge in [-0.25, -0.2) is 4.39 Å². The van der Waals surface area contributed by atoms with Crippen molar-refractivity contribution in [1.29, 1.82) is 0 Å². The lowest BCUT2D eigenvalue weighted by Crippen LogP contribution is -2.64. The largest absolute Gasteiger partial charge is 0.450 e. The maximum Gasteiger partial charge on any atom is 0.306 e. The molecule has 0 amide bonds. The van der Waals surface area contributed by atoms with Crippen LogP contribution in [0.25, 0.3) is 0 Å². The van der Waals surface area contributed by atoms with Crippen molar-refractivity contribution in [3.63, 3.8) is 0 Å². The number of fused-ring (bicyclic) bond motifs is 5. The number of ketones is 2. The molecule has 0 aliphatic heterocycles. The molecule has 0 aromatic carbocycles. The van der Waals surface area contributed by atoms with Gasteiger partial charge in [-0.1, -0.05) is 40.2 Å². The van der Waals surface area contributed by atoms with Gasteiger partial charge in [0.2, 0.25) is 5.78 Å². The molecule has 4 aliphatic rings. The quantitative estimate of drug-likeness (QED) is 0.411. The van der Waals surface area contributed by atoms with Gasteiger partial charge in [0.15, 0.2) is 17.2 Å². The Labute approximate surface area is 206 Å². The highest BCUT2D eigenvalue weighted by Gasteiger charge is 2.72. The molecule has 0 bridgehead atoms. The summed E-state index contributed by atoms with van der Waals surface area (Å²) in [6, 6.07) is 0. The fraction of sp³-hybridized carbons (Fsp3) is 0.741. The van der Waals surface area contributed by atoms with Crippen LogP contribution in [-0.4, -0.2) is 40.2 Å². The first-order valence-corrected chi connectivity index (χ1v) is 13.1. The number of rotatable bonds is 6. The number of ether oxygens (including phenoxy) is 1. The summed E-state index contributed by atoms with van der Waals surface area (Å²) in [6.45, 7) is 7.81. The predicted molar refractivity (Wildman–Crippen MR) is 127 cm³/mol. The van der Waals surface area contributed by atoms with E-state index >= 15 is 0 Å². The summed E-state index contributed by atoms with van der Waals surface area (Å²) in [6.07, 6.45) is 5.91. The van der Waals surface area contributed by atoms with Gasteiger partial charge in [0.1, 0.15) is 0 Å². The highest BCUT2D eigenvalue weighted by molar-refractivity contribution is 6.29. The third kappa shape index (κ3) is 3.38. The monoisotopic (exact) mass is 494 g/mol. The molecule has 7 heteroatoms. The van der Waals surface area contributed by atoms with Crippen molar-refractivity contribution >= 4 is 29.1 Å². The molecule has 5 nitrogen and oxygen atoms in total. The molecular weight excluding hydrogens is 459 g/mol. The molecular formula is C27H36ClFO5. The standard InChI is InChI=1S/C27H36ClFO5/c1-5-6-7-22(33)34-27(21(32)14-28)15(2)12-18-16-8-9-17-24(29)19(30)10-11-25(17,3)23(16)20(31)13-26(18,27)4/h10-11,15-16,18,20,23,31H,5-9,12-14H2,1-4H3/t15-,16-,18-,20-,23+,25-,26-,27-/m0/s1. The van der Waals surface area contributed by atoms with Crippen molar-refractivity contribution in [3.05, 3.63) is 23.6 Å². The number of hydrogen-bond acceptors (Lipinski definition) is 5. The van der Waals surface area contributed by atoms with Crippen LogP contribution in [0.5, 0.6) is 0 Å². The first-order valence-electron chi connectivity index (χ1n) is 12.6. The van der Waals surface area contributed by atoms with E-state index in [2.05, 4.69) is 0 Å². The van der Waals surface area contributed by atoms with Gasteiger partial charge in [-0.2, -0.15) is 0 Å². The van der Waals surface area contributed by atoms with Crippen molar-refractivity contribution < 1.29 is 28.6 Å². The molecule has 3 saturated carbocycles. The zero-order valence-corrected chi connectivity index (χ0v) is 21.3. The highest BCUT2D eigenvalue weighted by Crippen LogP contribution is 2.69. The van der Waals surface area contributed by atoms with Crippen LogP contribution < -0.4 is 0 Å². The summed E-state index contributed by atoms with van der Waals surface area (Å²) in [5.74, 6) is -2.82. The van der Waals surface area contributed by atoms with Crippen LogP contribution in [0, 0.1) is 34.5 Å². The summed E-state index contributed by atoms with van der Waals surface area (Å²) in [4.78, 5) is 38.3. The fourth-order valence-corrected chi connectivity index (χ4v) is 8.44. The number of aliphatic hydroxyl groups excluding tert-OH is 1. The van der Waals surface area contributed by atoms with Gasteiger partial charge in [-0.15, -0.1) is 11.6 Å². The number of unbranched alkanes of at least 4 members (excludes halogenated alkanes) is 1. The molecule has 0 saturated heterocycles. The van der Waals surface area contributed by atoms with Gasteiger partial charge in [0.25, 0.3) is 0 Å². The summed E-state index contributed by atoms with van der Waals surface area (Å²) in [5, 5.41) is 11.6. The minimum atomic E-state index is -1.39. The van der Waals surface area contributed by atoms with Crippen molar-refractivity contribution in [1.82, 2.24) is 0 Å². The van der Waals surface area contributed by atoms with Crippen LogP contribution in [0.2, 0.25) is 0 Å². The average Bonchev–Trinajstić information content (AvgIpc) is 3.01. The Morgan fingerprint density at radius 2 is 2.03 bits per heavy atom. The third-order valence-electron chi connectivity index (χ3n) is 9.67. The second-order valence-electron chi connectivity index (χ2n) is 11.3. The van der Waals surface area contributed by atoms with Gasteiger partial charge >= 0.3 is 5.97 Å². The van der Waals surface area contributed by atoms with Crippen molar-refractivity contribution in [2.24, 2.45) is 34.5 Å². The van der Waals surface area contributed by atoms with E-state index in [1.54, 1.807) is 6.08 Å². The maximum absolute atomic E-state index is 14.8. The highest BCUT2D eigenvalue weighted by atomic mass is 35.5. The third-order valence-corrected chi connectivity index (χ3v) is 9.91. The average molecular weight is 495 g/mol. The molecule has 4 rings (SSSR count). The van der Waals surface area contributed by atoms with Gasteiger partial charge < -0.3 is 9.84 Å². The van der Waals surface area contributed by atoms with Crippen LogP contribution >= 0.6 is 11.6 Å². The molecule has 0 radical (unpaired) electrons. The maximum atomic E-state index is 14.8. The molecule has 4 aliphatic carbocycles. The van der Waals surface area contributed by atoms with E-state index in [1.165, 1.54) is 6.08 Å². The molecule has 188 valence electrons. The number of esters is 1. The van der Waals surface area contributed by atoms with Crippen molar-refractivity contribution in [3.8, 4) is 0 Å². The summed E-state index contributed by atoms with van der Waals surface area (Å²) in [7, 11) is 0. The lowest BCUT2D eigenvalue weighted by Gasteiger charge is -2.60. The fourth-order valence-electron chi connectivity index (χ4n) is 8.25. The number of alkyl halides is 1. The second kappa shape index (κ2) is 8.85. The Kier molecular flexibility index (Phi) is 6.65. The molecule has 0 unspecified atom stereocenters. The van der Waals surface area contributed by atoms with E-state index in [0.717, 1.165) is 6.42 Å². The smallest absolute Gasteiger partial charge is 0.306 e. The summed E-state index contributed by atoms with van der Waals surface area (Å²) >= 11 is 6.09. The van der Waals surface area contributed by atoms with Crippen LogP contribution in [-0.2, 0) is 19.1 Å². The Balaban J connectivity index is 1.77. The number of halogens is 2. The van der Waals surface area contributed by atoms with Crippen LogP contribution in [0.1, 0.15) is 72.6 Å². The van der Waals surface area contributed by atoms with E-state index in [4.69, 9.17) is 16.3 Å². The SMILES string of the molecule is CCCCC(=O)O[C@]1(C(=O)CCl)[C@@H](C)C[C@H]2[C@@H]3CCC4=C(F)C(=O)C=C[C@]4(C)[C@H]3[C@@H](O)C[C@@]21C. The Bertz CT molecular complexity index is 959. The Morgan fingerprint density at radius 1 is 1.32 bits per heavy atom.